The predicted octanol–water partition coefficient (Wildman–Crippen LogP) is 1.25. The number of aliphatic hydroxyl groups excluding tert-OH is 1. The number of ether oxygens (including phenoxy) is 1. The van der Waals surface area contributed by atoms with Crippen LogP contribution in [0.15, 0.2) is 24.3 Å². The first-order chi connectivity index (χ1) is 9.07. The van der Waals surface area contributed by atoms with E-state index in [4.69, 9.17) is 0 Å². The fourth-order valence-electron chi connectivity index (χ4n) is 2.10. The van der Waals surface area contributed by atoms with E-state index in [9.17, 15) is 15.0 Å². The van der Waals surface area contributed by atoms with Crippen molar-refractivity contribution in [1.82, 2.24) is 0 Å². The lowest BCUT2D eigenvalue weighted by Crippen LogP contribution is -2.36. The lowest BCUT2D eigenvalue weighted by molar-refractivity contribution is -0.153. The van der Waals surface area contributed by atoms with Crippen molar-refractivity contribution in [3.05, 3.63) is 29.8 Å². The molecule has 0 radical (unpaired) electrons. The van der Waals surface area contributed by atoms with Gasteiger partial charge in [0.15, 0.2) is 6.10 Å². The second kappa shape index (κ2) is 6.54. The van der Waals surface area contributed by atoms with Gasteiger partial charge in [-0.3, -0.25) is 0 Å². The molecule has 1 aromatic carbocycles. The third-order valence-electron chi connectivity index (χ3n) is 3.00. The molecule has 0 amide bonds. The van der Waals surface area contributed by atoms with Gasteiger partial charge >= 0.3 is 5.97 Å². The van der Waals surface area contributed by atoms with Crippen LogP contribution in [0.2, 0.25) is 0 Å². The minimum absolute atomic E-state index is 0.0797. The largest absolute Gasteiger partial charge is 0.467 e. The fourth-order valence-corrected chi connectivity index (χ4v) is 2.10. The molecule has 5 heteroatoms. The van der Waals surface area contributed by atoms with Crippen LogP contribution in [0, 0.1) is 0 Å². The number of β-amino-alcohol motifs (C(OH)–C–C–N with tert-alkyl or cyclic N) is 1. The molecule has 0 bridgehead atoms. The highest BCUT2D eigenvalue weighted by molar-refractivity contribution is 5.74. The van der Waals surface area contributed by atoms with Crippen LogP contribution in [-0.2, 0) is 15.1 Å². The molecule has 0 aliphatic carbocycles. The third-order valence-corrected chi connectivity index (χ3v) is 3.00. The molecule has 19 heavy (non-hydrogen) atoms. The van der Waals surface area contributed by atoms with Crippen molar-refractivity contribution >= 4 is 11.7 Å². The molecule has 2 atom stereocenters. The minimum atomic E-state index is -1.32. The van der Waals surface area contributed by atoms with Gasteiger partial charge in [-0.15, -0.1) is 0 Å². The second-order valence-electron chi connectivity index (χ2n) is 4.17. The highest BCUT2D eigenvalue weighted by Crippen LogP contribution is 2.37. The number of aliphatic hydroxyl groups is 2. The lowest BCUT2D eigenvalue weighted by Gasteiger charge is -2.24. The van der Waals surface area contributed by atoms with E-state index >= 15 is 0 Å². The molecule has 1 aliphatic heterocycles. The molecular formula is C14H21NO4. The van der Waals surface area contributed by atoms with Crippen LogP contribution in [-0.4, -0.2) is 35.9 Å². The maximum Gasteiger partial charge on any atom is 0.334 e. The zero-order chi connectivity index (χ0) is 14.5. The highest BCUT2D eigenvalue weighted by Gasteiger charge is 2.40. The van der Waals surface area contributed by atoms with Crippen LogP contribution in [0.3, 0.4) is 0 Å². The van der Waals surface area contributed by atoms with Gasteiger partial charge in [0, 0.05) is 24.2 Å². The summed E-state index contributed by atoms with van der Waals surface area (Å²) in [4.78, 5) is 11.2. The number of rotatable bonds is 3. The Morgan fingerprint density at radius 3 is 2.74 bits per heavy atom. The summed E-state index contributed by atoms with van der Waals surface area (Å²) in [7, 11) is 1.20. The summed E-state index contributed by atoms with van der Waals surface area (Å²) >= 11 is 0. The normalized spacial score (nSPS) is 21.5. The van der Waals surface area contributed by atoms with Crippen molar-refractivity contribution in [2.75, 3.05) is 19.0 Å². The lowest BCUT2D eigenvalue weighted by atomic mass is 9.90. The zero-order valence-electron chi connectivity index (χ0n) is 11.5. The Kier molecular flexibility index (Phi) is 5.32. The van der Waals surface area contributed by atoms with Crippen molar-refractivity contribution in [3.63, 3.8) is 0 Å². The van der Waals surface area contributed by atoms with Crippen LogP contribution in [0.1, 0.15) is 25.8 Å². The van der Waals surface area contributed by atoms with Gasteiger partial charge in [-0.1, -0.05) is 32.0 Å². The van der Waals surface area contributed by atoms with E-state index in [0.717, 1.165) is 5.69 Å². The second-order valence-corrected chi connectivity index (χ2v) is 4.17. The molecule has 0 fully saturated rings. The number of benzene rings is 1. The molecule has 1 heterocycles. The Morgan fingerprint density at radius 2 is 2.11 bits per heavy atom. The SMILES string of the molecule is CC.COC(=O)C(O)CC1(O)CNc2ccccc21. The molecule has 106 valence electrons. The van der Waals surface area contributed by atoms with Gasteiger partial charge in [0.05, 0.1) is 7.11 Å². The standard InChI is InChI=1S/C12H15NO4.C2H6/c1-17-11(15)10(14)6-12(16)7-13-9-5-3-2-4-8(9)12;1-2/h2-5,10,13-14,16H,6-7H2,1H3;1-2H3. The monoisotopic (exact) mass is 267 g/mol. The average molecular weight is 267 g/mol. The smallest absolute Gasteiger partial charge is 0.334 e. The Bertz CT molecular complexity index is 435. The molecule has 1 aliphatic rings. The number of nitrogens with one attached hydrogen (secondary N) is 1. The van der Waals surface area contributed by atoms with E-state index in [1.54, 1.807) is 12.1 Å². The number of hydrogen-bond acceptors (Lipinski definition) is 5. The summed E-state index contributed by atoms with van der Waals surface area (Å²) in [5, 5.41) is 23.1. The molecule has 5 nitrogen and oxygen atoms in total. The average Bonchev–Trinajstić information content (AvgIpc) is 2.78. The summed E-state index contributed by atoms with van der Waals surface area (Å²) in [6, 6.07) is 7.28. The van der Waals surface area contributed by atoms with Gasteiger partial charge in [0.2, 0.25) is 0 Å². The van der Waals surface area contributed by atoms with Crippen molar-refractivity contribution in [2.24, 2.45) is 0 Å². The molecule has 2 rings (SSSR count). The summed E-state index contributed by atoms with van der Waals surface area (Å²) < 4.78 is 4.43. The molecule has 0 saturated heterocycles. The number of carbonyl (C=O) groups is 1. The molecular weight excluding hydrogens is 246 g/mol. The van der Waals surface area contributed by atoms with Crippen molar-refractivity contribution in [3.8, 4) is 0 Å². The Morgan fingerprint density at radius 1 is 1.47 bits per heavy atom. The summed E-state index contributed by atoms with van der Waals surface area (Å²) in [6.45, 7) is 4.28. The van der Waals surface area contributed by atoms with Crippen LogP contribution >= 0.6 is 0 Å². The van der Waals surface area contributed by atoms with Crippen LogP contribution in [0.25, 0.3) is 0 Å². The first-order valence-corrected chi connectivity index (χ1v) is 6.38. The maximum atomic E-state index is 11.2. The first kappa shape index (κ1) is 15.5. The molecule has 0 spiro atoms. The van der Waals surface area contributed by atoms with Gasteiger partial charge in [0.25, 0.3) is 0 Å². The quantitative estimate of drug-likeness (QED) is 0.718. The number of anilines is 1. The van der Waals surface area contributed by atoms with Crippen molar-refractivity contribution < 1.29 is 19.7 Å². The highest BCUT2D eigenvalue weighted by atomic mass is 16.5. The summed E-state index contributed by atoms with van der Waals surface area (Å²) in [5.74, 6) is -0.734. The third kappa shape index (κ3) is 3.24. The summed E-state index contributed by atoms with van der Waals surface area (Å²) in [5.41, 5.74) is 0.291. The first-order valence-electron chi connectivity index (χ1n) is 6.38. The Balaban J connectivity index is 0.000000861. The molecule has 1 aromatic rings. The molecule has 3 N–H and O–H groups in total. The van der Waals surface area contributed by atoms with Crippen LogP contribution in [0.4, 0.5) is 5.69 Å². The van der Waals surface area contributed by atoms with Gasteiger partial charge < -0.3 is 20.3 Å². The maximum absolute atomic E-state index is 11.2. The van der Waals surface area contributed by atoms with E-state index in [2.05, 4.69) is 10.1 Å². The van der Waals surface area contributed by atoms with Crippen LogP contribution < -0.4 is 5.32 Å². The van der Waals surface area contributed by atoms with Gasteiger partial charge in [0.1, 0.15) is 5.60 Å². The fraction of sp³-hybridized carbons (Fsp3) is 0.500. The van der Waals surface area contributed by atoms with Gasteiger partial charge in [-0.05, 0) is 6.07 Å². The van der Waals surface area contributed by atoms with Crippen LogP contribution in [0.5, 0.6) is 0 Å². The number of esters is 1. The van der Waals surface area contributed by atoms with Crippen molar-refractivity contribution in [2.45, 2.75) is 32.0 Å². The van der Waals surface area contributed by atoms with Gasteiger partial charge in [-0.25, -0.2) is 4.79 Å². The van der Waals surface area contributed by atoms with E-state index in [-0.39, 0.29) is 13.0 Å². The van der Waals surface area contributed by atoms with E-state index in [1.165, 1.54) is 7.11 Å². The van der Waals surface area contributed by atoms with Gasteiger partial charge in [-0.2, -0.15) is 0 Å². The number of para-hydroxylation sites is 1. The van der Waals surface area contributed by atoms with Crippen molar-refractivity contribution in [1.29, 1.82) is 0 Å². The zero-order valence-corrected chi connectivity index (χ0v) is 11.5. The molecule has 0 saturated carbocycles. The minimum Gasteiger partial charge on any atom is -0.467 e. The molecule has 0 aromatic heterocycles. The van der Waals surface area contributed by atoms with E-state index in [1.807, 2.05) is 26.0 Å². The number of carbonyl (C=O) groups excluding carboxylic acids is 1. The Hall–Kier alpha value is -1.59. The predicted molar refractivity (Wildman–Crippen MR) is 72.8 cm³/mol. The molecule has 2 unspecified atom stereocenters. The number of fused-ring (bicyclic) bond motifs is 1. The Labute approximate surface area is 113 Å². The summed E-state index contributed by atoms with van der Waals surface area (Å²) in [6.07, 6.45) is -1.40. The topological polar surface area (TPSA) is 78.8 Å². The number of hydrogen-bond donors (Lipinski definition) is 3. The van der Waals surface area contributed by atoms with E-state index < -0.39 is 17.7 Å². The van der Waals surface area contributed by atoms with E-state index in [0.29, 0.717) is 5.56 Å². The number of methoxy groups -OCH3 is 1.